The Kier molecular flexibility index (Phi) is 4.05. The maximum atomic E-state index is 13.1. The second-order valence-corrected chi connectivity index (χ2v) is 7.18. The number of rotatable bonds is 4. The number of carbonyl (C=O) groups is 2. The molecule has 0 radical (unpaired) electrons. The highest BCUT2D eigenvalue weighted by molar-refractivity contribution is 8.15. The van der Waals surface area contributed by atoms with Crippen LogP contribution in [0.2, 0.25) is 0 Å². The molecule has 0 aliphatic carbocycles. The second-order valence-electron chi connectivity index (χ2n) is 6.01. The van der Waals surface area contributed by atoms with E-state index in [9.17, 15) is 14.0 Å². The molecule has 2 heterocycles. The Hall–Kier alpha value is -2.60. The fourth-order valence-corrected chi connectivity index (χ4v) is 3.96. The molecule has 126 valence electrons. The first-order valence-corrected chi connectivity index (χ1v) is 8.81. The lowest BCUT2D eigenvalue weighted by Gasteiger charge is -2.09. The van der Waals surface area contributed by atoms with Crippen LogP contribution in [0.4, 0.5) is 9.18 Å². The third-order valence-corrected chi connectivity index (χ3v) is 5.32. The fraction of sp³-hybridized carbons (Fsp3) is 0.158. The zero-order valence-electron chi connectivity index (χ0n) is 13.2. The van der Waals surface area contributed by atoms with E-state index in [0.29, 0.717) is 13.0 Å². The topological polar surface area (TPSA) is 51.1 Å². The molecule has 1 N–H and O–H groups in total. The summed E-state index contributed by atoms with van der Waals surface area (Å²) < 4.78 is 15.2. The molecule has 0 bridgehead atoms. The van der Waals surface area contributed by atoms with Gasteiger partial charge in [0.1, 0.15) is 5.82 Å². The SMILES string of the molecule is O=C1NC(=O)C(Cc2cccc3c2ccn3Cc2ccc(F)cc2)S1. The molecule has 25 heavy (non-hydrogen) atoms. The van der Waals surface area contributed by atoms with Crippen LogP contribution in [0.25, 0.3) is 10.9 Å². The molecule has 6 heteroatoms. The highest BCUT2D eigenvalue weighted by Gasteiger charge is 2.31. The van der Waals surface area contributed by atoms with Gasteiger partial charge >= 0.3 is 0 Å². The summed E-state index contributed by atoms with van der Waals surface area (Å²) in [6.07, 6.45) is 2.50. The lowest BCUT2D eigenvalue weighted by atomic mass is 10.0. The normalized spacial score (nSPS) is 17.2. The van der Waals surface area contributed by atoms with Crippen molar-refractivity contribution >= 4 is 33.8 Å². The number of imide groups is 1. The van der Waals surface area contributed by atoms with Gasteiger partial charge in [0.05, 0.1) is 5.25 Å². The standard InChI is InChI=1S/C19H15FN2O2S/c20-14-6-4-12(5-7-14)11-22-9-8-15-13(2-1-3-16(15)22)10-17-18(23)21-19(24)25-17/h1-9,17H,10-11H2,(H,21,23,24). The molecular weight excluding hydrogens is 339 g/mol. The molecule has 1 fully saturated rings. The molecule has 1 aliphatic rings. The number of fused-ring (bicyclic) bond motifs is 1. The number of hydrogen-bond donors (Lipinski definition) is 1. The molecule has 2 amide bonds. The van der Waals surface area contributed by atoms with Crippen LogP contribution >= 0.6 is 11.8 Å². The van der Waals surface area contributed by atoms with E-state index in [0.717, 1.165) is 33.8 Å². The molecule has 2 aromatic carbocycles. The van der Waals surface area contributed by atoms with Gasteiger partial charge in [0.15, 0.2) is 0 Å². The number of amides is 2. The smallest absolute Gasteiger partial charge is 0.286 e. The minimum atomic E-state index is -0.376. The molecule has 4 rings (SSSR count). The molecular formula is C19H15FN2O2S. The van der Waals surface area contributed by atoms with Crippen molar-refractivity contribution in [2.75, 3.05) is 0 Å². The van der Waals surface area contributed by atoms with Gasteiger partial charge in [-0.05, 0) is 41.8 Å². The van der Waals surface area contributed by atoms with E-state index in [1.165, 1.54) is 12.1 Å². The van der Waals surface area contributed by atoms with Gasteiger partial charge in [-0.25, -0.2) is 4.39 Å². The minimum Gasteiger partial charge on any atom is -0.343 e. The van der Waals surface area contributed by atoms with Crippen molar-refractivity contribution in [1.82, 2.24) is 9.88 Å². The number of carbonyl (C=O) groups excluding carboxylic acids is 2. The van der Waals surface area contributed by atoms with E-state index in [4.69, 9.17) is 0 Å². The van der Waals surface area contributed by atoms with Gasteiger partial charge in [0.25, 0.3) is 5.24 Å². The van der Waals surface area contributed by atoms with Gasteiger partial charge in [-0.15, -0.1) is 0 Å². The zero-order chi connectivity index (χ0) is 17.4. The Morgan fingerprint density at radius 2 is 1.88 bits per heavy atom. The van der Waals surface area contributed by atoms with Crippen molar-refractivity contribution in [2.45, 2.75) is 18.2 Å². The van der Waals surface area contributed by atoms with Crippen molar-refractivity contribution in [3.05, 3.63) is 71.7 Å². The maximum Gasteiger partial charge on any atom is 0.286 e. The van der Waals surface area contributed by atoms with Gasteiger partial charge in [-0.1, -0.05) is 36.0 Å². The van der Waals surface area contributed by atoms with Crippen LogP contribution in [0.5, 0.6) is 0 Å². The van der Waals surface area contributed by atoms with Crippen molar-refractivity contribution in [1.29, 1.82) is 0 Å². The number of nitrogens with one attached hydrogen (secondary N) is 1. The Balaban J connectivity index is 1.62. The van der Waals surface area contributed by atoms with Gasteiger partial charge in [-0.2, -0.15) is 0 Å². The first-order chi connectivity index (χ1) is 12.1. The van der Waals surface area contributed by atoms with Gasteiger partial charge in [0.2, 0.25) is 5.91 Å². The van der Waals surface area contributed by atoms with Gasteiger partial charge in [-0.3, -0.25) is 14.9 Å². The van der Waals surface area contributed by atoms with E-state index in [-0.39, 0.29) is 22.2 Å². The first kappa shape index (κ1) is 15.9. The summed E-state index contributed by atoms with van der Waals surface area (Å²) in [5.74, 6) is -0.469. The van der Waals surface area contributed by atoms with Crippen molar-refractivity contribution < 1.29 is 14.0 Å². The van der Waals surface area contributed by atoms with Crippen LogP contribution in [0.1, 0.15) is 11.1 Å². The number of benzene rings is 2. The third-order valence-electron chi connectivity index (χ3n) is 4.34. The van der Waals surface area contributed by atoms with E-state index < -0.39 is 0 Å². The largest absolute Gasteiger partial charge is 0.343 e. The van der Waals surface area contributed by atoms with Gasteiger partial charge < -0.3 is 4.57 Å². The highest BCUT2D eigenvalue weighted by Crippen LogP contribution is 2.28. The molecule has 4 nitrogen and oxygen atoms in total. The predicted molar refractivity (Wildman–Crippen MR) is 96.1 cm³/mol. The number of aromatic nitrogens is 1. The summed E-state index contributed by atoms with van der Waals surface area (Å²) in [4.78, 5) is 23.2. The molecule has 1 unspecified atom stereocenters. The predicted octanol–water partition coefficient (Wildman–Crippen LogP) is 3.72. The average molecular weight is 354 g/mol. The summed E-state index contributed by atoms with van der Waals surface area (Å²) in [5, 5.41) is 2.74. The lowest BCUT2D eigenvalue weighted by Crippen LogP contribution is -2.25. The van der Waals surface area contributed by atoms with Crippen LogP contribution in [0, 0.1) is 5.82 Å². The molecule has 1 atom stereocenters. The van der Waals surface area contributed by atoms with Crippen molar-refractivity contribution in [3.63, 3.8) is 0 Å². The molecule has 1 aromatic heterocycles. The summed E-state index contributed by atoms with van der Waals surface area (Å²) in [5.41, 5.74) is 3.11. The molecule has 0 spiro atoms. The van der Waals surface area contributed by atoms with Crippen LogP contribution in [0.3, 0.4) is 0 Å². The maximum absolute atomic E-state index is 13.1. The van der Waals surface area contributed by atoms with Crippen LogP contribution < -0.4 is 5.32 Å². The minimum absolute atomic E-state index is 0.224. The summed E-state index contributed by atoms with van der Waals surface area (Å²) in [6.45, 7) is 0.643. The molecule has 3 aromatic rings. The Bertz CT molecular complexity index is 965. The third kappa shape index (κ3) is 3.17. The van der Waals surface area contributed by atoms with E-state index in [1.807, 2.05) is 30.5 Å². The Labute approximate surface area is 148 Å². The summed E-state index contributed by atoms with van der Waals surface area (Å²) in [7, 11) is 0. The lowest BCUT2D eigenvalue weighted by molar-refractivity contribution is -0.118. The number of halogens is 1. The Morgan fingerprint density at radius 1 is 1.08 bits per heavy atom. The summed E-state index contributed by atoms with van der Waals surface area (Å²) in [6, 6.07) is 14.5. The number of nitrogens with zero attached hydrogens (tertiary/aromatic N) is 1. The average Bonchev–Trinajstić information content (AvgIpc) is 3.14. The van der Waals surface area contributed by atoms with Crippen LogP contribution in [-0.4, -0.2) is 21.0 Å². The monoisotopic (exact) mass is 354 g/mol. The molecule has 0 saturated carbocycles. The highest BCUT2D eigenvalue weighted by atomic mass is 32.2. The van der Waals surface area contributed by atoms with Crippen LogP contribution in [-0.2, 0) is 17.8 Å². The second kappa shape index (κ2) is 6.37. The van der Waals surface area contributed by atoms with Crippen molar-refractivity contribution in [3.8, 4) is 0 Å². The Morgan fingerprint density at radius 3 is 2.60 bits per heavy atom. The van der Waals surface area contributed by atoms with Crippen molar-refractivity contribution in [2.24, 2.45) is 0 Å². The molecule has 1 saturated heterocycles. The van der Waals surface area contributed by atoms with E-state index in [2.05, 4.69) is 9.88 Å². The summed E-state index contributed by atoms with van der Waals surface area (Å²) >= 11 is 1.05. The molecule has 1 aliphatic heterocycles. The van der Waals surface area contributed by atoms with E-state index >= 15 is 0 Å². The quantitative estimate of drug-likeness (QED) is 0.777. The number of hydrogen-bond acceptors (Lipinski definition) is 3. The fourth-order valence-electron chi connectivity index (χ4n) is 3.12. The van der Waals surface area contributed by atoms with Gasteiger partial charge in [0, 0.05) is 23.6 Å². The zero-order valence-corrected chi connectivity index (χ0v) is 14.1. The van der Waals surface area contributed by atoms with E-state index in [1.54, 1.807) is 12.1 Å². The number of thioether (sulfide) groups is 1. The first-order valence-electron chi connectivity index (χ1n) is 7.93. The van der Waals surface area contributed by atoms with Crippen LogP contribution in [0.15, 0.2) is 54.7 Å².